The van der Waals surface area contributed by atoms with E-state index < -0.39 is 23.8 Å². The monoisotopic (exact) mass is 527 g/mol. The number of nitrogens with zero attached hydrogens (tertiary/aromatic N) is 1. The molecule has 0 spiro atoms. The molecule has 38 heavy (non-hydrogen) atoms. The van der Waals surface area contributed by atoms with E-state index in [0.717, 1.165) is 48.8 Å². The van der Waals surface area contributed by atoms with Gasteiger partial charge in [-0.25, -0.2) is 4.79 Å². The number of benzene rings is 1. The number of amides is 3. The van der Waals surface area contributed by atoms with Crippen molar-refractivity contribution in [2.75, 3.05) is 0 Å². The van der Waals surface area contributed by atoms with Crippen molar-refractivity contribution in [2.24, 2.45) is 11.8 Å². The van der Waals surface area contributed by atoms with E-state index in [1.807, 2.05) is 45.9 Å². The molecule has 0 aliphatic heterocycles. The van der Waals surface area contributed by atoms with Crippen LogP contribution in [0.2, 0.25) is 0 Å². The average Bonchev–Trinajstić information content (AvgIpc) is 3.52. The Kier molecular flexibility index (Phi) is 9.88. The Morgan fingerprint density at radius 1 is 1.05 bits per heavy atom. The van der Waals surface area contributed by atoms with Gasteiger partial charge in [-0.3, -0.25) is 9.59 Å². The molecule has 0 bridgehead atoms. The first kappa shape index (κ1) is 30.0. The van der Waals surface area contributed by atoms with Gasteiger partial charge in [0.05, 0.1) is 0 Å². The van der Waals surface area contributed by atoms with Crippen LogP contribution in [0, 0.1) is 25.7 Å². The van der Waals surface area contributed by atoms with Gasteiger partial charge in [-0.1, -0.05) is 58.2 Å². The summed E-state index contributed by atoms with van der Waals surface area (Å²) in [5, 5.41) is 6.17. The van der Waals surface area contributed by atoms with Gasteiger partial charge in [0.2, 0.25) is 11.8 Å². The second-order valence-electron chi connectivity index (χ2n) is 12.9. The van der Waals surface area contributed by atoms with E-state index in [0.29, 0.717) is 6.42 Å². The lowest BCUT2D eigenvalue weighted by Gasteiger charge is -2.37. The third kappa shape index (κ3) is 7.97. The molecule has 0 radical (unpaired) electrons. The minimum absolute atomic E-state index is 0.0567. The molecule has 4 atom stereocenters. The van der Waals surface area contributed by atoms with Crippen LogP contribution in [0.5, 0.6) is 0 Å². The van der Waals surface area contributed by atoms with Crippen molar-refractivity contribution in [1.29, 1.82) is 0 Å². The van der Waals surface area contributed by atoms with Gasteiger partial charge < -0.3 is 20.3 Å². The van der Waals surface area contributed by atoms with Gasteiger partial charge >= 0.3 is 6.09 Å². The predicted octanol–water partition coefficient (Wildman–Crippen LogP) is 5.97. The molecule has 1 aromatic rings. The van der Waals surface area contributed by atoms with Crippen LogP contribution in [-0.2, 0) is 14.3 Å². The molecule has 2 aliphatic carbocycles. The van der Waals surface area contributed by atoms with Crippen LogP contribution in [0.15, 0.2) is 18.2 Å². The van der Waals surface area contributed by atoms with Gasteiger partial charge in [-0.15, -0.1) is 0 Å². The van der Waals surface area contributed by atoms with Gasteiger partial charge in [0.25, 0.3) is 0 Å². The molecule has 2 aliphatic rings. The van der Waals surface area contributed by atoms with Crippen LogP contribution in [0.25, 0.3) is 0 Å². The van der Waals surface area contributed by atoms with Crippen LogP contribution in [-0.4, -0.2) is 46.5 Å². The summed E-state index contributed by atoms with van der Waals surface area (Å²) in [5.74, 6) is 0.106. The summed E-state index contributed by atoms with van der Waals surface area (Å²) in [6, 6.07) is 4.53. The molecule has 0 heterocycles. The van der Waals surface area contributed by atoms with Crippen molar-refractivity contribution in [3.63, 3.8) is 0 Å². The van der Waals surface area contributed by atoms with Gasteiger partial charge in [0, 0.05) is 12.1 Å². The summed E-state index contributed by atoms with van der Waals surface area (Å²) in [6.45, 7) is 15.6. The fourth-order valence-corrected chi connectivity index (χ4v) is 5.68. The Morgan fingerprint density at radius 2 is 1.63 bits per heavy atom. The Balaban J connectivity index is 2.02. The molecule has 7 nitrogen and oxygen atoms in total. The number of carbonyl (C=O) groups excluding carboxylic acids is 3. The highest BCUT2D eigenvalue weighted by molar-refractivity contribution is 5.93. The van der Waals surface area contributed by atoms with E-state index in [1.165, 1.54) is 6.42 Å². The second kappa shape index (κ2) is 12.5. The van der Waals surface area contributed by atoms with Crippen molar-refractivity contribution in [1.82, 2.24) is 15.5 Å². The number of ether oxygens (including phenoxy) is 1. The number of alkyl carbamates (subject to hydrolysis) is 1. The standard InChI is InChI=1S/C31H49N3O4/c1-19(2)17-24(33-30(37)38-31(6,7)8)29(36)34(25-18-22(25)5)27(26-20(3)13-12-14-21(26)4)28(35)32-23-15-10-9-11-16-23/h12-14,19,22-25,27H,9-11,15-18H2,1-8H3,(H,32,35)(H,33,37). The molecule has 4 unspecified atom stereocenters. The van der Waals surface area contributed by atoms with E-state index in [9.17, 15) is 14.4 Å². The molecular formula is C31H49N3O4. The Labute approximate surface area is 229 Å². The fraction of sp³-hybridized carbons (Fsp3) is 0.710. The maximum Gasteiger partial charge on any atom is 0.408 e. The predicted molar refractivity (Wildman–Crippen MR) is 151 cm³/mol. The fourth-order valence-electron chi connectivity index (χ4n) is 5.68. The Bertz CT molecular complexity index is 973. The van der Waals surface area contributed by atoms with E-state index in [-0.39, 0.29) is 35.7 Å². The first-order chi connectivity index (χ1) is 17.8. The quantitative estimate of drug-likeness (QED) is 0.414. The van der Waals surface area contributed by atoms with Crippen molar-refractivity contribution in [3.05, 3.63) is 34.9 Å². The van der Waals surface area contributed by atoms with Crippen molar-refractivity contribution >= 4 is 17.9 Å². The van der Waals surface area contributed by atoms with E-state index >= 15 is 0 Å². The highest BCUT2D eigenvalue weighted by atomic mass is 16.6. The minimum atomic E-state index is -0.785. The summed E-state index contributed by atoms with van der Waals surface area (Å²) in [7, 11) is 0. The number of rotatable bonds is 9. The number of carbonyl (C=O) groups is 3. The smallest absolute Gasteiger partial charge is 0.408 e. The molecule has 0 aromatic heterocycles. The maximum absolute atomic E-state index is 14.4. The minimum Gasteiger partial charge on any atom is -0.444 e. The number of hydrogen-bond donors (Lipinski definition) is 2. The van der Waals surface area contributed by atoms with Gasteiger partial charge in [-0.05, 0) is 88.8 Å². The highest BCUT2D eigenvalue weighted by Gasteiger charge is 2.49. The SMILES string of the molecule is Cc1cccc(C)c1C(C(=O)NC1CCCCC1)N(C(=O)C(CC(C)C)NC(=O)OC(C)(C)C)C1CC1C. The zero-order valence-corrected chi connectivity index (χ0v) is 24.7. The zero-order valence-electron chi connectivity index (χ0n) is 24.7. The maximum atomic E-state index is 14.4. The normalized spacial score (nSPS) is 21.4. The highest BCUT2D eigenvalue weighted by Crippen LogP contribution is 2.42. The first-order valence-electron chi connectivity index (χ1n) is 14.5. The van der Waals surface area contributed by atoms with Gasteiger partial charge in [-0.2, -0.15) is 0 Å². The summed E-state index contributed by atoms with van der Waals surface area (Å²) >= 11 is 0. The topological polar surface area (TPSA) is 87.7 Å². The zero-order chi connectivity index (χ0) is 28.2. The molecule has 0 saturated heterocycles. The number of nitrogens with one attached hydrogen (secondary N) is 2. The van der Waals surface area contributed by atoms with Crippen molar-refractivity contribution in [2.45, 2.75) is 130 Å². The summed E-state index contributed by atoms with van der Waals surface area (Å²) < 4.78 is 5.51. The molecule has 2 N–H and O–H groups in total. The molecule has 3 rings (SSSR count). The van der Waals surface area contributed by atoms with Crippen molar-refractivity contribution in [3.8, 4) is 0 Å². The van der Waals surface area contributed by atoms with Crippen LogP contribution >= 0.6 is 0 Å². The van der Waals surface area contributed by atoms with Crippen LogP contribution in [0.4, 0.5) is 4.79 Å². The van der Waals surface area contributed by atoms with E-state index in [2.05, 4.69) is 17.6 Å². The first-order valence-corrected chi connectivity index (χ1v) is 14.5. The number of hydrogen-bond acceptors (Lipinski definition) is 4. The molecule has 2 saturated carbocycles. The Hall–Kier alpha value is -2.57. The third-order valence-electron chi connectivity index (χ3n) is 7.67. The van der Waals surface area contributed by atoms with Gasteiger partial charge in [0.15, 0.2) is 0 Å². The molecule has 212 valence electrons. The van der Waals surface area contributed by atoms with E-state index in [4.69, 9.17) is 4.74 Å². The lowest BCUT2D eigenvalue weighted by Crippen LogP contribution is -2.55. The largest absolute Gasteiger partial charge is 0.444 e. The molecule has 3 amide bonds. The van der Waals surface area contributed by atoms with Crippen LogP contribution in [0.1, 0.15) is 109 Å². The lowest BCUT2D eigenvalue weighted by molar-refractivity contribution is -0.144. The van der Waals surface area contributed by atoms with Crippen LogP contribution in [0.3, 0.4) is 0 Å². The molecule has 1 aromatic carbocycles. The summed E-state index contributed by atoms with van der Waals surface area (Å²) in [5.41, 5.74) is 2.18. The van der Waals surface area contributed by atoms with E-state index in [1.54, 1.807) is 25.7 Å². The molecule has 7 heteroatoms. The average molecular weight is 528 g/mol. The third-order valence-corrected chi connectivity index (χ3v) is 7.67. The van der Waals surface area contributed by atoms with Gasteiger partial charge in [0.1, 0.15) is 17.7 Å². The molecule has 2 fully saturated rings. The van der Waals surface area contributed by atoms with Crippen molar-refractivity contribution < 1.29 is 19.1 Å². The Morgan fingerprint density at radius 3 is 2.13 bits per heavy atom. The lowest BCUT2D eigenvalue weighted by atomic mass is 9.91. The summed E-state index contributed by atoms with van der Waals surface area (Å²) in [6.07, 6.45) is 6.03. The second-order valence-corrected chi connectivity index (χ2v) is 12.9. The summed E-state index contributed by atoms with van der Waals surface area (Å²) in [4.78, 5) is 43.1. The number of aryl methyl sites for hydroxylation is 2. The van der Waals surface area contributed by atoms with Crippen LogP contribution < -0.4 is 10.6 Å². The molecular weight excluding hydrogens is 478 g/mol.